The van der Waals surface area contributed by atoms with Crippen molar-refractivity contribution in [2.75, 3.05) is 13.2 Å². The van der Waals surface area contributed by atoms with Crippen LogP contribution in [0.15, 0.2) is 12.2 Å². The van der Waals surface area contributed by atoms with Crippen LogP contribution in [-0.2, 0) is 28.2 Å². The van der Waals surface area contributed by atoms with Crippen LogP contribution in [0.2, 0.25) is 0 Å². The minimum atomic E-state index is -4.75. The van der Waals surface area contributed by atoms with Crippen LogP contribution in [-0.4, -0.2) is 41.0 Å². The molecule has 0 aromatic heterocycles. The van der Waals surface area contributed by atoms with Crippen LogP contribution in [0.3, 0.4) is 0 Å². The lowest BCUT2D eigenvalue weighted by Crippen LogP contribution is -2.29. The zero-order valence-electron chi connectivity index (χ0n) is 31.9. The van der Waals surface area contributed by atoms with Crippen molar-refractivity contribution in [1.82, 2.24) is 0 Å². The third kappa shape index (κ3) is 39.4. The Morgan fingerprint density at radius 3 is 1.24 bits per heavy atom. The lowest BCUT2D eigenvalue weighted by Gasteiger charge is -2.18. The summed E-state index contributed by atoms with van der Waals surface area (Å²) in [5.41, 5.74) is 0. The lowest BCUT2D eigenvalue weighted by atomic mass is 10.0. The Kier molecular flexibility index (Phi) is 35.7. The normalized spacial score (nSPS) is 12.5. The van der Waals surface area contributed by atoms with Crippen LogP contribution < -0.4 is 0 Å². The highest BCUT2D eigenvalue weighted by molar-refractivity contribution is 7.46. The van der Waals surface area contributed by atoms with Crippen LogP contribution in [0.1, 0.15) is 213 Å². The number of carbonyl (C=O) groups is 2. The van der Waals surface area contributed by atoms with E-state index in [9.17, 15) is 14.2 Å². The van der Waals surface area contributed by atoms with Gasteiger partial charge in [-0.3, -0.25) is 14.1 Å². The van der Waals surface area contributed by atoms with Gasteiger partial charge in [0.1, 0.15) is 6.61 Å². The summed E-state index contributed by atoms with van der Waals surface area (Å²) >= 11 is 0. The summed E-state index contributed by atoms with van der Waals surface area (Å²) in [6.45, 7) is 3.69. The number of unbranched alkanes of at least 4 members (excludes halogenated alkanes) is 26. The summed E-state index contributed by atoms with van der Waals surface area (Å²) in [7, 11) is -4.75. The van der Waals surface area contributed by atoms with Crippen molar-refractivity contribution in [3.63, 3.8) is 0 Å². The van der Waals surface area contributed by atoms with Crippen molar-refractivity contribution in [2.24, 2.45) is 0 Å². The first-order valence-corrected chi connectivity index (χ1v) is 22.0. The van der Waals surface area contributed by atoms with Gasteiger partial charge in [0.2, 0.25) is 0 Å². The van der Waals surface area contributed by atoms with Crippen molar-refractivity contribution in [3.8, 4) is 0 Å². The Labute approximate surface area is 301 Å². The van der Waals surface area contributed by atoms with E-state index in [4.69, 9.17) is 19.3 Å². The predicted octanol–water partition coefficient (Wildman–Crippen LogP) is 12.2. The van der Waals surface area contributed by atoms with Crippen molar-refractivity contribution < 1.29 is 37.9 Å². The topological polar surface area (TPSA) is 119 Å². The number of hydrogen-bond acceptors (Lipinski definition) is 6. The van der Waals surface area contributed by atoms with Gasteiger partial charge in [0.05, 0.1) is 6.61 Å². The van der Waals surface area contributed by atoms with Gasteiger partial charge in [-0.2, -0.15) is 0 Å². The highest BCUT2D eigenvalue weighted by Crippen LogP contribution is 2.36. The van der Waals surface area contributed by atoms with Crippen LogP contribution >= 0.6 is 7.82 Å². The van der Waals surface area contributed by atoms with E-state index in [1.807, 2.05) is 0 Å². The molecule has 0 saturated carbocycles. The van der Waals surface area contributed by atoms with Crippen LogP contribution in [0.4, 0.5) is 0 Å². The fourth-order valence-corrected chi connectivity index (χ4v) is 6.32. The van der Waals surface area contributed by atoms with Gasteiger partial charge in [-0.1, -0.05) is 174 Å². The van der Waals surface area contributed by atoms with Crippen LogP contribution in [0.25, 0.3) is 0 Å². The molecule has 0 aliphatic carbocycles. The molecule has 0 radical (unpaired) electrons. The first-order chi connectivity index (χ1) is 23.8. The number of rotatable bonds is 38. The van der Waals surface area contributed by atoms with Gasteiger partial charge >= 0.3 is 19.8 Å². The molecular formula is C40H77O8P. The molecule has 0 rings (SSSR count). The highest BCUT2D eigenvalue weighted by atomic mass is 31.2. The maximum Gasteiger partial charge on any atom is 0.469 e. The number of hydrogen-bond donors (Lipinski definition) is 2. The number of allylic oxidation sites excluding steroid dienone is 2. The minimum absolute atomic E-state index is 0.211. The molecule has 0 unspecified atom stereocenters. The first kappa shape index (κ1) is 47.8. The fraction of sp³-hybridized carbons (Fsp3) is 0.900. The average Bonchev–Trinajstić information content (AvgIpc) is 3.07. The number of phosphoric acid groups is 1. The van der Waals surface area contributed by atoms with E-state index < -0.39 is 32.5 Å². The Morgan fingerprint density at radius 2 is 0.857 bits per heavy atom. The molecule has 0 fully saturated rings. The Balaban J connectivity index is 3.90. The first-order valence-electron chi connectivity index (χ1n) is 20.5. The monoisotopic (exact) mass is 717 g/mol. The molecule has 0 bridgehead atoms. The SMILES string of the molecule is CCCCCCCC/C=C/CCCCCCCCCC(=O)O[C@H](COC(=O)CCCCCCCCCCCCCCCC)COP(=O)(O)O. The summed E-state index contributed by atoms with van der Waals surface area (Å²) in [6, 6.07) is 0. The molecule has 0 aliphatic rings. The number of carbonyl (C=O) groups excluding carboxylic acids is 2. The van der Waals surface area contributed by atoms with Crippen molar-refractivity contribution in [1.29, 1.82) is 0 Å². The molecule has 0 saturated heterocycles. The molecule has 0 aromatic carbocycles. The second-order valence-electron chi connectivity index (χ2n) is 14.0. The summed E-state index contributed by atoms with van der Waals surface area (Å²) < 4.78 is 26.4. The van der Waals surface area contributed by atoms with Crippen LogP contribution in [0.5, 0.6) is 0 Å². The van der Waals surface area contributed by atoms with Crippen LogP contribution in [0, 0.1) is 0 Å². The molecule has 0 spiro atoms. The lowest BCUT2D eigenvalue weighted by molar-refractivity contribution is -0.161. The third-order valence-electron chi connectivity index (χ3n) is 9.03. The second-order valence-corrected chi connectivity index (χ2v) is 15.2. The Bertz CT molecular complexity index is 812. The molecule has 2 N–H and O–H groups in total. The van der Waals surface area contributed by atoms with Gasteiger partial charge < -0.3 is 19.3 Å². The maximum atomic E-state index is 12.4. The van der Waals surface area contributed by atoms with Crippen molar-refractivity contribution >= 4 is 19.8 Å². The van der Waals surface area contributed by atoms with Crippen molar-refractivity contribution in [2.45, 2.75) is 219 Å². The number of esters is 2. The molecule has 9 heteroatoms. The van der Waals surface area contributed by atoms with Gasteiger partial charge in [-0.15, -0.1) is 0 Å². The van der Waals surface area contributed by atoms with E-state index in [0.717, 1.165) is 44.9 Å². The maximum absolute atomic E-state index is 12.4. The van der Waals surface area contributed by atoms with E-state index in [-0.39, 0.29) is 19.4 Å². The van der Waals surface area contributed by atoms with Gasteiger partial charge in [-0.05, 0) is 38.5 Å². The fourth-order valence-electron chi connectivity index (χ4n) is 5.96. The van der Waals surface area contributed by atoms with E-state index >= 15 is 0 Å². The average molecular weight is 717 g/mol. The van der Waals surface area contributed by atoms with E-state index in [2.05, 4.69) is 30.5 Å². The summed E-state index contributed by atoms with van der Waals surface area (Å²) in [6.07, 6.45) is 39.3. The summed E-state index contributed by atoms with van der Waals surface area (Å²) in [5, 5.41) is 0. The van der Waals surface area contributed by atoms with Gasteiger partial charge in [0.25, 0.3) is 0 Å². The molecule has 0 aliphatic heterocycles. The molecule has 290 valence electrons. The van der Waals surface area contributed by atoms with E-state index in [0.29, 0.717) is 6.42 Å². The van der Waals surface area contributed by atoms with E-state index in [1.54, 1.807) is 0 Å². The highest BCUT2D eigenvalue weighted by Gasteiger charge is 2.22. The Hall–Kier alpha value is -1.21. The second kappa shape index (κ2) is 36.6. The standard InChI is InChI=1S/C40H77O8P/c1-3-5-7-9-11-13-15-17-19-20-21-23-25-27-29-31-33-35-40(42)48-38(37-47-49(43,44)45)36-46-39(41)34-32-30-28-26-24-22-18-16-14-12-10-8-6-4-2/h17,19,38H,3-16,18,20-37H2,1-2H3,(H2,43,44,45)/b19-17+/t38-/m1/s1. The molecule has 1 atom stereocenters. The molecule has 0 heterocycles. The molecule has 0 amide bonds. The van der Waals surface area contributed by atoms with Crippen molar-refractivity contribution in [3.05, 3.63) is 12.2 Å². The predicted molar refractivity (Wildman–Crippen MR) is 202 cm³/mol. The molecule has 8 nitrogen and oxygen atoms in total. The smallest absolute Gasteiger partial charge is 0.462 e. The zero-order chi connectivity index (χ0) is 36.1. The van der Waals surface area contributed by atoms with Gasteiger partial charge in [0.15, 0.2) is 6.10 Å². The molecule has 49 heavy (non-hydrogen) atoms. The minimum Gasteiger partial charge on any atom is -0.462 e. The third-order valence-corrected chi connectivity index (χ3v) is 9.52. The quantitative estimate of drug-likeness (QED) is 0.0280. The summed E-state index contributed by atoms with van der Waals surface area (Å²) in [5.74, 6) is -0.879. The zero-order valence-corrected chi connectivity index (χ0v) is 32.8. The summed E-state index contributed by atoms with van der Waals surface area (Å²) in [4.78, 5) is 42.8. The Morgan fingerprint density at radius 1 is 0.510 bits per heavy atom. The van der Waals surface area contributed by atoms with Gasteiger partial charge in [-0.25, -0.2) is 4.57 Å². The van der Waals surface area contributed by atoms with E-state index in [1.165, 1.54) is 135 Å². The molecule has 0 aromatic rings. The molecular weight excluding hydrogens is 639 g/mol. The van der Waals surface area contributed by atoms with Gasteiger partial charge in [0, 0.05) is 12.8 Å². The number of ether oxygens (including phenoxy) is 2. The largest absolute Gasteiger partial charge is 0.469 e. The number of phosphoric ester groups is 1.